The highest BCUT2D eigenvalue weighted by Gasteiger charge is 2.28. The summed E-state index contributed by atoms with van der Waals surface area (Å²) in [6.07, 6.45) is -0.867. The van der Waals surface area contributed by atoms with E-state index < -0.39 is 34.4 Å². The molecule has 9 heteroatoms. The molecular formula is C11H12ClNO6S. The van der Waals surface area contributed by atoms with Gasteiger partial charge in [0.2, 0.25) is 10.0 Å². The smallest absolute Gasteiger partial charge is 0.322 e. The van der Waals surface area contributed by atoms with E-state index in [1.165, 1.54) is 25.1 Å². The molecule has 20 heavy (non-hydrogen) atoms. The molecule has 0 spiro atoms. The SMILES string of the molecule is Cc1c(Cl)cccc1S(=O)(=O)N[C@@H](CC(=O)O)C(=O)O. The van der Waals surface area contributed by atoms with Crippen molar-refractivity contribution in [2.75, 3.05) is 0 Å². The molecule has 110 valence electrons. The lowest BCUT2D eigenvalue weighted by molar-refractivity contribution is -0.145. The highest BCUT2D eigenvalue weighted by molar-refractivity contribution is 7.89. The van der Waals surface area contributed by atoms with E-state index in [1.54, 1.807) is 0 Å². The molecule has 0 saturated heterocycles. The summed E-state index contributed by atoms with van der Waals surface area (Å²) in [5, 5.41) is 17.6. The fourth-order valence-corrected chi connectivity index (χ4v) is 3.17. The largest absolute Gasteiger partial charge is 0.481 e. The monoisotopic (exact) mass is 321 g/mol. The first-order valence-electron chi connectivity index (χ1n) is 5.37. The van der Waals surface area contributed by atoms with Crippen molar-refractivity contribution in [3.8, 4) is 0 Å². The van der Waals surface area contributed by atoms with Crippen LogP contribution < -0.4 is 4.72 Å². The fraction of sp³-hybridized carbons (Fsp3) is 0.273. The number of nitrogens with one attached hydrogen (secondary N) is 1. The first-order chi connectivity index (χ1) is 9.15. The summed E-state index contributed by atoms with van der Waals surface area (Å²) in [5.41, 5.74) is 0.251. The molecule has 0 amide bonds. The lowest BCUT2D eigenvalue weighted by Crippen LogP contribution is -2.42. The normalized spacial score (nSPS) is 12.9. The van der Waals surface area contributed by atoms with Crippen molar-refractivity contribution in [3.05, 3.63) is 28.8 Å². The number of carboxylic acids is 2. The predicted octanol–water partition coefficient (Wildman–Crippen LogP) is 0.855. The number of carboxylic acid groups (broad SMARTS) is 2. The highest BCUT2D eigenvalue weighted by Crippen LogP contribution is 2.22. The van der Waals surface area contributed by atoms with Gasteiger partial charge in [0.1, 0.15) is 6.04 Å². The Balaban J connectivity index is 3.13. The summed E-state index contributed by atoms with van der Waals surface area (Å²) in [5.74, 6) is -3.00. The lowest BCUT2D eigenvalue weighted by atomic mass is 10.2. The van der Waals surface area contributed by atoms with Crippen LogP contribution in [0.4, 0.5) is 0 Å². The Morgan fingerprint density at radius 2 is 1.95 bits per heavy atom. The van der Waals surface area contributed by atoms with Gasteiger partial charge in [-0.2, -0.15) is 4.72 Å². The number of hydrogen-bond acceptors (Lipinski definition) is 4. The number of sulfonamides is 1. The zero-order valence-corrected chi connectivity index (χ0v) is 11.9. The zero-order chi connectivity index (χ0) is 15.5. The zero-order valence-electron chi connectivity index (χ0n) is 10.3. The summed E-state index contributed by atoms with van der Waals surface area (Å²) < 4.78 is 26.0. The van der Waals surface area contributed by atoms with Crippen LogP contribution in [0.2, 0.25) is 5.02 Å². The summed E-state index contributed by atoms with van der Waals surface area (Å²) >= 11 is 5.80. The topological polar surface area (TPSA) is 121 Å². The van der Waals surface area contributed by atoms with E-state index in [2.05, 4.69) is 0 Å². The van der Waals surface area contributed by atoms with Crippen LogP contribution in [0.25, 0.3) is 0 Å². The predicted molar refractivity (Wildman–Crippen MR) is 70.2 cm³/mol. The standard InChI is InChI=1S/C11H12ClNO6S/c1-6-7(12)3-2-4-9(6)20(18,19)13-8(11(16)17)5-10(14)15/h2-4,8,13H,5H2,1H3,(H,14,15)(H,16,17)/t8-/m0/s1. The second-order valence-corrected chi connectivity index (χ2v) is 6.06. The van der Waals surface area contributed by atoms with E-state index >= 15 is 0 Å². The van der Waals surface area contributed by atoms with Crippen molar-refractivity contribution < 1.29 is 28.2 Å². The van der Waals surface area contributed by atoms with Gasteiger partial charge in [-0.3, -0.25) is 9.59 Å². The van der Waals surface area contributed by atoms with Gasteiger partial charge in [-0.05, 0) is 24.6 Å². The third kappa shape index (κ3) is 3.92. The maximum Gasteiger partial charge on any atom is 0.322 e. The van der Waals surface area contributed by atoms with Crippen LogP contribution in [0.1, 0.15) is 12.0 Å². The summed E-state index contributed by atoms with van der Waals surface area (Å²) in [6, 6.07) is 2.39. The van der Waals surface area contributed by atoms with Gasteiger partial charge in [0.15, 0.2) is 0 Å². The first kappa shape index (κ1) is 16.4. The Morgan fingerprint density at radius 3 is 2.45 bits per heavy atom. The Kier molecular flexibility index (Phi) is 5.09. The first-order valence-corrected chi connectivity index (χ1v) is 7.23. The molecule has 3 N–H and O–H groups in total. The molecule has 0 bridgehead atoms. The van der Waals surface area contributed by atoms with Crippen LogP contribution in [0, 0.1) is 6.92 Å². The van der Waals surface area contributed by atoms with Crippen LogP contribution in [0.3, 0.4) is 0 Å². The molecular weight excluding hydrogens is 310 g/mol. The Hall–Kier alpha value is -1.64. The van der Waals surface area contributed by atoms with Crippen molar-refractivity contribution in [3.63, 3.8) is 0 Å². The van der Waals surface area contributed by atoms with E-state index in [0.29, 0.717) is 0 Å². The van der Waals surface area contributed by atoms with E-state index in [1.807, 2.05) is 4.72 Å². The molecule has 0 radical (unpaired) electrons. The number of halogens is 1. The number of rotatable bonds is 6. The summed E-state index contributed by atoms with van der Waals surface area (Å²) in [7, 11) is -4.18. The maximum atomic E-state index is 12.1. The van der Waals surface area contributed by atoms with Gasteiger partial charge in [-0.15, -0.1) is 0 Å². The fourth-order valence-electron chi connectivity index (χ4n) is 1.48. The lowest BCUT2D eigenvalue weighted by Gasteiger charge is -2.14. The number of hydrogen-bond donors (Lipinski definition) is 3. The molecule has 1 rings (SSSR count). The molecule has 0 fully saturated rings. The van der Waals surface area contributed by atoms with Gasteiger partial charge in [0.05, 0.1) is 11.3 Å². The average molecular weight is 322 g/mol. The number of carbonyl (C=O) groups is 2. The van der Waals surface area contributed by atoms with Crippen LogP contribution in [0.15, 0.2) is 23.1 Å². The van der Waals surface area contributed by atoms with E-state index in [4.69, 9.17) is 21.8 Å². The minimum atomic E-state index is -4.18. The van der Waals surface area contributed by atoms with E-state index in [9.17, 15) is 18.0 Å². The third-order valence-electron chi connectivity index (χ3n) is 2.48. The minimum absolute atomic E-state index is 0.193. The molecule has 7 nitrogen and oxygen atoms in total. The Morgan fingerprint density at radius 1 is 1.35 bits per heavy atom. The molecule has 1 aromatic rings. The van der Waals surface area contributed by atoms with Crippen molar-refractivity contribution >= 4 is 33.6 Å². The molecule has 0 aromatic heterocycles. The van der Waals surface area contributed by atoms with Crippen LogP contribution in [0.5, 0.6) is 0 Å². The second-order valence-electron chi connectivity index (χ2n) is 3.97. The van der Waals surface area contributed by atoms with Gasteiger partial charge in [0, 0.05) is 5.02 Å². The van der Waals surface area contributed by atoms with E-state index in [-0.39, 0.29) is 15.5 Å². The second kappa shape index (κ2) is 6.21. The Bertz CT molecular complexity index is 642. The number of aliphatic carboxylic acids is 2. The van der Waals surface area contributed by atoms with Crippen LogP contribution in [-0.4, -0.2) is 36.6 Å². The van der Waals surface area contributed by atoms with Gasteiger partial charge >= 0.3 is 11.9 Å². The number of benzene rings is 1. The van der Waals surface area contributed by atoms with Gasteiger partial charge in [0.25, 0.3) is 0 Å². The Labute approximate surface area is 120 Å². The molecule has 1 atom stereocenters. The molecule has 0 saturated carbocycles. The molecule has 0 aliphatic rings. The average Bonchev–Trinajstić information content (AvgIpc) is 2.30. The van der Waals surface area contributed by atoms with E-state index in [0.717, 1.165) is 0 Å². The summed E-state index contributed by atoms with van der Waals surface area (Å²) in [4.78, 5) is 21.2. The molecule has 0 aliphatic heterocycles. The molecule has 0 aliphatic carbocycles. The maximum absolute atomic E-state index is 12.1. The van der Waals surface area contributed by atoms with Crippen LogP contribution in [-0.2, 0) is 19.6 Å². The third-order valence-corrected chi connectivity index (χ3v) is 4.51. The van der Waals surface area contributed by atoms with Gasteiger partial charge in [-0.1, -0.05) is 17.7 Å². The van der Waals surface area contributed by atoms with Crippen molar-refractivity contribution in [2.45, 2.75) is 24.3 Å². The molecule has 0 unspecified atom stereocenters. The van der Waals surface area contributed by atoms with Gasteiger partial charge < -0.3 is 10.2 Å². The van der Waals surface area contributed by atoms with Crippen molar-refractivity contribution in [2.24, 2.45) is 0 Å². The highest BCUT2D eigenvalue weighted by atomic mass is 35.5. The molecule has 1 aromatic carbocycles. The molecule has 0 heterocycles. The minimum Gasteiger partial charge on any atom is -0.481 e. The van der Waals surface area contributed by atoms with Crippen molar-refractivity contribution in [1.29, 1.82) is 0 Å². The quantitative estimate of drug-likeness (QED) is 0.714. The van der Waals surface area contributed by atoms with Crippen LogP contribution >= 0.6 is 11.6 Å². The van der Waals surface area contributed by atoms with Crippen molar-refractivity contribution in [1.82, 2.24) is 4.72 Å². The van der Waals surface area contributed by atoms with Gasteiger partial charge in [-0.25, -0.2) is 8.42 Å². The summed E-state index contributed by atoms with van der Waals surface area (Å²) in [6.45, 7) is 1.46.